The lowest BCUT2D eigenvalue weighted by Gasteiger charge is -2.36. The summed E-state index contributed by atoms with van der Waals surface area (Å²) in [6.07, 6.45) is 13.0. The second-order valence-electron chi connectivity index (χ2n) is 15.7. The molecule has 50 heavy (non-hydrogen) atoms. The van der Waals surface area contributed by atoms with Gasteiger partial charge in [0.1, 0.15) is 0 Å². The first-order chi connectivity index (χ1) is 24.8. The summed E-state index contributed by atoms with van der Waals surface area (Å²) >= 11 is 0. The summed E-state index contributed by atoms with van der Waals surface area (Å²) in [5.41, 5.74) is 17.8. The van der Waals surface area contributed by atoms with Gasteiger partial charge in [-0.25, -0.2) is 0 Å². The van der Waals surface area contributed by atoms with Gasteiger partial charge in [-0.3, -0.25) is 0 Å². The summed E-state index contributed by atoms with van der Waals surface area (Å²) in [6.45, 7) is 0. The lowest BCUT2D eigenvalue weighted by atomic mass is 9.67. The molecule has 7 aromatic rings. The Morgan fingerprint density at radius 1 is 0.300 bits per heavy atom. The highest BCUT2D eigenvalue weighted by Gasteiger charge is 2.45. The first-order valence-electron chi connectivity index (χ1n) is 19.2. The Bertz CT molecular complexity index is 2270. The Morgan fingerprint density at radius 2 is 0.640 bits per heavy atom. The van der Waals surface area contributed by atoms with Crippen LogP contribution in [0.3, 0.4) is 0 Å². The standard InChI is InChI=1S/C50H42/c1-11-27-49(28-12-1)43-21-9-7-15-35(43)37-25-23-33(31-45(37)49)47-39-17-3-5-19-41(39)48(42-20-6-4-18-40(42)47)34-24-26-38-36-16-8-10-22-44(36)50(46(38)32-34)29-13-2-14-30-50/h3-10,15-26,31-32H,1-2,11-14,27-30H2. The zero-order chi connectivity index (χ0) is 32.9. The fourth-order valence-electron chi connectivity index (χ4n) is 11.4. The maximum absolute atomic E-state index is 2.61. The predicted octanol–water partition coefficient (Wildman–Crippen LogP) is 13.8. The Balaban J connectivity index is 1.15. The van der Waals surface area contributed by atoms with Crippen molar-refractivity contribution in [2.24, 2.45) is 0 Å². The van der Waals surface area contributed by atoms with Crippen LogP contribution in [-0.2, 0) is 10.8 Å². The molecule has 0 heteroatoms. The number of fused-ring (bicyclic) bond motifs is 12. The molecule has 2 spiro atoms. The fraction of sp³-hybridized carbons (Fsp3) is 0.240. The van der Waals surface area contributed by atoms with E-state index >= 15 is 0 Å². The van der Waals surface area contributed by atoms with Gasteiger partial charge in [-0.15, -0.1) is 0 Å². The monoisotopic (exact) mass is 642 g/mol. The summed E-state index contributed by atoms with van der Waals surface area (Å²) in [5.74, 6) is 0. The highest BCUT2D eigenvalue weighted by molar-refractivity contribution is 6.21. The van der Waals surface area contributed by atoms with E-state index in [2.05, 4.69) is 133 Å². The molecule has 0 saturated heterocycles. The minimum Gasteiger partial charge on any atom is -0.0619 e. The Labute approximate surface area is 295 Å². The van der Waals surface area contributed by atoms with Gasteiger partial charge < -0.3 is 0 Å². The molecule has 0 aromatic heterocycles. The maximum atomic E-state index is 2.61. The highest BCUT2D eigenvalue weighted by Crippen LogP contribution is 2.58. The third kappa shape index (κ3) is 3.83. The Morgan fingerprint density at radius 3 is 1.04 bits per heavy atom. The van der Waals surface area contributed by atoms with Crippen LogP contribution in [0.2, 0.25) is 0 Å². The average Bonchev–Trinajstić information content (AvgIpc) is 3.60. The molecular formula is C50H42. The molecule has 0 unspecified atom stereocenters. The molecule has 0 heterocycles. The smallest absolute Gasteiger partial charge is 0.0215 e. The van der Waals surface area contributed by atoms with Crippen molar-refractivity contribution in [2.45, 2.75) is 75.0 Å². The third-order valence-corrected chi connectivity index (χ3v) is 13.5. The number of rotatable bonds is 2. The lowest BCUT2D eigenvalue weighted by molar-refractivity contribution is 0.353. The van der Waals surface area contributed by atoms with Crippen molar-refractivity contribution in [1.82, 2.24) is 0 Å². The van der Waals surface area contributed by atoms with Crippen LogP contribution in [0.15, 0.2) is 133 Å². The second-order valence-corrected chi connectivity index (χ2v) is 15.7. The molecular weight excluding hydrogens is 601 g/mol. The van der Waals surface area contributed by atoms with Crippen molar-refractivity contribution in [3.05, 3.63) is 156 Å². The van der Waals surface area contributed by atoms with E-state index in [1.54, 1.807) is 22.3 Å². The largest absolute Gasteiger partial charge is 0.0619 e. The van der Waals surface area contributed by atoms with Crippen LogP contribution in [0.5, 0.6) is 0 Å². The molecule has 0 nitrogen and oxygen atoms in total. The number of benzene rings is 7. The minimum absolute atomic E-state index is 0.142. The number of hydrogen-bond donors (Lipinski definition) is 0. The molecule has 2 fully saturated rings. The van der Waals surface area contributed by atoms with E-state index in [1.807, 2.05) is 0 Å². The van der Waals surface area contributed by atoms with E-state index in [0.29, 0.717) is 0 Å². The molecule has 242 valence electrons. The van der Waals surface area contributed by atoms with Crippen LogP contribution < -0.4 is 0 Å². The van der Waals surface area contributed by atoms with E-state index in [4.69, 9.17) is 0 Å². The topological polar surface area (TPSA) is 0 Å². The molecule has 0 atom stereocenters. The molecule has 11 rings (SSSR count). The van der Waals surface area contributed by atoms with Gasteiger partial charge >= 0.3 is 0 Å². The quantitative estimate of drug-likeness (QED) is 0.165. The Kier molecular flexibility index (Phi) is 6.22. The molecule has 4 aliphatic rings. The van der Waals surface area contributed by atoms with Crippen molar-refractivity contribution < 1.29 is 0 Å². The van der Waals surface area contributed by atoms with Gasteiger partial charge in [-0.05, 0) is 126 Å². The number of hydrogen-bond acceptors (Lipinski definition) is 0. The van der Waals surface area contributed by atoms with E-state index in [-0.39, 0.29) is 10.8 Å². The fourth-order valence-corrected chi connectivity index (χ4v) is 11.4. The zero-order valence-electron chi connectivity index (χ0n) is 28.8. The van der Waals surface area contributed by atoms with Crippen LogP contribution >= 0.6 is 0 Å². The molecule has 0 N–H and O–H groups in total. The lowest BCUT2D eigenvalue weighted by Crippen LogP contribution is -2.28. The maximum Gasteiger partial charge on any atom is 0.0215 e. The summed E-state index contributed by atoms with van der Waals surface area (Å²) in [6, 6.07) is 52.0. The zero-order valence-corrected chi connectivity index (χ0v) is 28.8. The molecule has 0 bridgehead atoms. The van der Waals surface area contributed by atoms with Gasteiger partial charge in [0, 0.05) is 10.8 Å². The average molecular weight is 643 g/mol. The molecule has 4 aliphatic carbocycles. The summed E-state index contributed by atoms with van der Waals surface area (Å²) in [4.78, 5) is 0. The highest BCUT2D eigenvalue weighted by atomic mass is 14.5. The molecule has 0 amide bonds. The van der Waals surface area contributed by atoms with E-state index in [9.17, 15) is 0 Å². The summed E-state index contributed by atoms with van der Waals surface area (Å²) in [5, 5.41) is 5.41. The van der Waals surface area contributed by atoms with Gasteiger partial charge in [0.05, 0.1) is 0 Å². The van der Waals surface area contributed by atoms with Gasteiger partial charge in [-0.1, -0.05) is 160 Å². The summed E-state index contributed by atoms with van der Waals surface area (Å²) in [7, 11) is 0. The van der Waals surface area contributed by atoms with E-state index < -0.39 is 0 Å². The molecule has 2 saturated carbocycles. The van der Waals surface area contributed by atoms with Gasteiger partial charge in [0.25, 0.3) is 0 Å². The van der Waals surface area contributed by atoms with Crippen LogP contribution in [-0.4, -0.2) is 0 Å². The van der Waals surface area contributed by atoms with E-state index in [1.165, 1.54) is 130 Å². The molecule has 7 aromatic carbocycles. The predicted molar refractivity (Wildman–Crippen MR) is 211 cm³/mol. The first kappa shape index (κ1) is 28.9. The van der Waals surface area contributed by atoms with Crippen molar-refractivity contribution >= 4 is 21.5 Å². The Hall–Kier alpha value is -4.94. The van der Waals surface area contributed by atoms with Crippen LogP contribution in [0, 0.1) is 0 Å². The molecule has 0 aliphatic heterocycles. The van der Waals surface area contributed by atoms with Crippen LogP contribution in [0.4, 0.5) is 0 Å². The van der Waals surface area contributed by atoms with Crippen LogP contribution in [0.1, 0.15) is 86.5 Å². The van der Waals surface area contributed by atoms with E-state index in [0.717, 1.165) is 0 Å². The van der Waals surface area contributed by atoms with Crippen molar-refractivity contribution in [3.8, 4) is 44.5 Å². The third-order valence-electron chi connectivity index (χ3n) is 13.5. The van der Waals surface area contributed by atoms with Crippen molar-refractivity contribution in [3.63, 3.8) is 0 Å². The van der Waals surface area contributed by atoms with Gasteiger partial charge in [0.15, 0.2) is 0 Å². The normalized spacial score (nSPS) is 17.9. The van der Waals surface area contributed by atoms with Crippen LogP contribution in [0.25, 0.3) is 66.1 Å². The molecule has 0 radical (unpaired) electrons. The first-order valence-corrected chi connectivity index (χ1v) is 19.2. The SMILES string of the molecule is c1ccc2c(c1)-c1ccc(-c3c4ccccc4c(-c4ccc5c(c4)C4(CCCCC4)c4ccccc4-5)c4ccccc34)cc1C21CCCCC1. The van der Waals surface area contributed by atoms with Gasteiger partial charge in [0.2, 0.25) is 0 Å². The van der Waals surface area contributed by atoms with Crippen molar-refractivity contribution in [1.29, 1.82) is 0 Å². The van der Waals surface area contributed by atoms with Gasteiger partial charge in [-0.2, -0.15) is 0 Å². The minimum atomic E-state index is 0.142. The van der Waals surface area contributed by atoms with Crippen molar-refractivity contribution in [2.75, 3.05) is 0 Å². The summed E-state index contributed by atoms with van der Waals surface area (Å²) < 4.78 is 0. The second kappa shape index (κ2) is 10.8.